The van der Waals surface area contributed by atoms with Gasteiger partial charge in [-0.2, -0.15) is 0 Å². The molecule has 0 bridgehead atoms. The van der Waals surface area contributed by atoms with Gasteiger partial charge in [0, 0.05) is 16.2 Å². The van der Waals surface area contributed by atoms with Gasteiger partial charge in [0.2, 0.25) is 5.82 Å². The lowest BCUT2D eigenvalue weighted by molar-refractivity contribution is -0.742. The van der Waals surface area contributed by atoms with Crippen LogP contribution in [0, 0.1) is 27.2 Å². The Bertz CT molecular complexity index is 420. The van der Waals surface area contributed by atoms with E-state index >= 15 is 0 Å². The maximum atomic E-state index is 10.5. The summed E-state index contributed by atoms with van der Waals surface area (Å²) in [5, 5.41) is 24.1. The maximum Gasteiger partial charge on any atom is 0.315 e. The second-order valence-electron chi connectivity index (χ2n) is 2.46. The monoisotopic (exact) mass is 294 g/mol. The Kier molecular flexibility index (Phi) is 5.09. The second-order valence-corrected chi connectivity index (χ2v) is 3.31. The lowest BCUT2D eigenvalue weighted by Gasteiger charge is -2.00. The van der Waals surface area contributed by atoms with E-state index in [0.717, 1.165) is 0 Å². The van der Waals surface area contributed by atoms with Gasteiger partial charge in [-0.3, -0.25) is 10.1 Å². The molecule has 0 spiro atoms. The summed E-state index contributed by atoms with van der Waals surface area (Å²) in [7, 11) is 0. The number of halogens is 1. The summed E-state index contributed by atoms with van der Waals surface area (Å²) >= 11 is 3.13. The number of nitro groups is 1. The molecule has 88 valence electrons. The molecule has 0 aliphatic rings. The first kappa shape index (κ1) is 14.0. The minimum absolute atomic E-state index is 0.0549. The van der Waals surface area contributed by atoms with Crippen molar-refractivity contribution in [1.82, 2.24) is 4.98 Å². The molecule has 0 unspecified atom stereocenters. The van der Waals surface area contributed by atoms with Gasteiger partial charge in [-0.25, -0.2) is 4.98 Å². The fraction of sp³-hybridized carbons (Fsp3) is 0.167. The largest absolute Gasteiger partial charge is 0.378 e. The number of hydrogen-bond acceptors (Lipinski definition) is 6. The third-order valence-corrected chi connectivity index (χ3v) is 2.26. The van der Waals surface area contributed by atoms with Crippen LogP contribution in [0.5, 0.6) is 0 Å². The molecule has 0 aliphatic carbocycles. The molecular formula is C6H7BrN4O5. The lowest BCUT2D eigenvalue weighted by Crippen LogP contribution is -2.00. The van der Waals surface area contributed by atoms with E-state index in [1.54, 1.807) is 6.92 Å². The Hall–Kier alpha value is -1.97. The second kappa shape index (κ2) is 5.80. The Morgan fingerprint density at radius 1 is 1.50 bits per heavy atom. The summed E-state index contributed by atoms with van der Waals surface area (Å²) in [6.07, 6.45) is 1.44. The number of nitrogens with two attached hydrogens (primary N) is 1. The van der Waals surface area contributed by atoms with E-state index in [1.165, 1.54) is 6.20 Å². The Balaban J connectivity index is 0.000000487. The number of aromatic nitrogens is 1. The van der Waals surface area contributed by atoms with E-state index < -0.39 is 10.0 Å². The molecular weight excluding hydrogens is 288 g/mol. The van der Waals surface area contributed by atoms with Crippen molar-refractivity contribution in [2.75, 3.05) is 5.73 Å². The zero-order valence-corrected chi connectivity index (χ0v) is 9.54. The first-order chi connectivity index (χ1) is 7.27. The SMILES string of the molecule is Cc1c(Br)cnc(N)c1[N+](=O)[O-].O=[N+]([O-])O. The van der Waals surface area contributed by atoms with Crippen LogP contribution in [0.1, 0.15) is 5.56 Å². The summed E-state index contributed by atoms with van der Waals surface area (Å²) in [6.45, 7) is 1.61. The van der Waals surface area contributed by atoms with Crippen molar-refractivity contribution < 1.29 is 15.2 Å². The van der Waals surface area contributed by atoms with Crippen LogP contribution in [-0.2, 0) is 0 Å². The van der Waals surface area contributed by atoms with E-state index in [-0.39, 0.29) is 11.5 Å². The first-order valence-electron chi connectivity index (χ1n) is 3.65. The Morgan fingerprint density at radius 2 is 1.94 bits per heavy atom. The molecule has 0 radical (unpaired) electrons. The van der Waals surface area contributed by atoms with Crippen molar-refractivity contribution in [2.45, 2.75) is 6.92 Å². The normalized spacial score (nSPS) is 8.88. The number of pyridine rings is 1. The summed E-state index contributed by atoms with van der Waals surface area (Å²) in [6, 6.07) is 0. The standard InChI is InChI=1S/C6H6BrN3O2.HNO3/c1-3-4(7)2-9-6(8)5(3)10(11)12;2-1(3)4/h2H,1H3,(H2,8,9);(H,2,3,4). The van der Waals surface area contributed by atoms with Crippen molar-refractivity contribution in [3.8, 4) is 0 Å². The van der Waals surface area contributed by atoms with Crippen molar-refractivity contribution >= 4 is 27.4 Å². The molecule has 16 heavy (non-hydrogen) atoms. The van der Waals surface area contributed by atoms with E-state index in [1.807, 2.05) is 0 Å². The molecule has 0 atom stereocenters. The highest BCUT2D eigenvalue weighted by molar-refractivity contribution is 9.10. The summed E-state index contributed by atoms with van der Waals surface area (Å²) in [5.74, 6) is -0.0549. The average Bonchev–Trinajstić information content (AvgIpc) is 2.10. The quantitative estimate of drug-likeness (QED) is 0.586. The van der Waals surface area contributed by atoms with Crippen molar-refractivity contribution in [3.05, 3.63) is 36.5 Å². The lowest BCUT2D eigenvalue weighted by atomic mass is 10.2. The van der Waals surface area contributed by atoms with E-state index in [4.69, 9.17) is 21.1 Å². The summed E-state index contributed by atoms with van der Waals surface area (Å²) in [5.41, 5.74) is 5.68. The third kappa shape index (κ3) is 4.04. The van der Waals surface area contributed by atoms with E-state index in [9.17, 15) is 10.1 Å². The molecule has 0 aliphatic heterocycles. The van der Waals surface area contributed by atoms with Crippen molar-refractivity contribution in [2.24, 2.45) is 0 Å². The molecule has 0 amide bonds. The average molecular weight is 295 g/mol. The van der Waals surface area contributed by atoms with Gasteiger partial charge < -0.3 is 10.9 Å². The van der Waals surface area contributed by atoms with Gasteiger partial charge in [0.25, 0.3) is 5.09 Å². The van der Waals surface area contributed by atoms with Crippen LogP contribution in [0.3, 0.4) is 0 Å². The summed E-state index contributed by atoms with van der Waals surface area (Å²) in [4.78, 5) is 21.9. The molecule has 0 saturated heterocycles. The number of nitrogen functional groups attached to an aromatic ring is 1. The smallest absolute Gasteiger partial charge is 0.315 e. The Labute approximate surface area is 97.3 Å². The minimum Gasteiger partial charge on any atom is -0.378 e. The summed E-state index contributed by atoms with van der Waals surface area (Å²) < 4.78 is 0.586. The van der Waals surface area contributed by atoms with Crippen LogP contribution in [-0.4, -0.2) is 20.2 Å². The predicted molar refractivity (Wildman–Crippen MR) is 56.5 cm³/mol. The molecule has 0 saturated carbocycles. The number of anilines is 1. The zero-order valence-electron chi connectivity index (χ0n) is 7.95. The molecule has 1 aromatic heterocycles. The van der Waals surface area contributed by atoms with Gasteiger partial charge in [-0.05, 0) is 22.9 Å². The topological polar surface area (TPSA) is 145 Å². The molecule has 1 rings (SSSR count). The molecule has 0 aromatic carbocycles. The van der Waals surface area contributed by atoms with Gasteiger partial charge in [-0.1, -0.05) is 0 Å². The minimum atomic E-state index is -1.50. The van der Waals surface area contributed by atoms with E-state index in [0.29, 0.717) is 10.0 Å². The fourth-order valence-corrected chi connectivity index (χ4v) is 1.11. The van der Waals surface area contributed by atoms with Crippen LogP contribution in [0.4, 0.5) is 11.5 Å². The Morgan fingerprint density at radius 3 is 2.25 bits per heavy atom. The van der Waals surface area contributed by atoms with Crippen LogP contribution < -0.4 is 5.73 Å². The zero-order chi connectivity index (χ0) is 12.9. The van der Waals surface area contributed by atoms with Crippen molar-refractivity contribution in [1.29, 1.82) is 0 Å². The van der Waals surface area contributed by atoms with Crippen LogP contribution in [0.25, 0.3) is 0 Å². The number of rotatable bonds is 1. The van der Waals surface area contributed by atoms with Gasteiger partial charge in [0.15, 0.2) is 0 Å². The third-order valence-electron chi connectivity index (χ3n) is 1.46. The van der Waals surface area contributed by atoms with Crippen LogP contribution in [0.2, 0.25) is 0 Å². The molecule has 3 N–H and O–H groups in total. The van der Waals surface area contributed by atoms with Crippen LogP contribution in [0.15, 0.2) is 10.7 Å². The molecule has 9 nitrogen and oxygen atoms in total. The fourth-order valence-electron chi connectivity index (χ4n) is 0.820. The highest BCUT2D eigenvalue weighted by Crippen LogP contribution is 2.28. The van der Waals surface area contributed by atoms with Crippen molar-refractivity contribution in [3.63, 3.8) is 0 Å². The van der Waals surface area contributed by atoms with Gasteiger partial charge in [0.05, 0.1) is 4.92 Å². The number of nitrogens with zero attached hydrogens (tertiary/aromatic N) is 3. The van der Waals surface area contributed by atoms with Gasteiger partial charge >= 0.3 is 5.69 Å². The molecule has 1 aromatic rings. The van der Waals surface area contributed by atoms with Gasteiger partial charge in [-0.15, -0.1) is 10.1 Å². The number of hydrogen-bond donors (Lipinski definition) is 2. The highest BCUT2D eigenvalue weighted by Gasteiger charge is 2.18. The maximum absolute atomic E-state index is 10.5. The van der Waals surface area contributed by atoms with Crippen LogP contribution >= 0.6 is 15.9 Å². The molecule has 10 heteroatoms. The molecule has 0 fully saturated rings. The van der Waals surface area contributed by atoms with E-state index in [2.05, 4.69) is 20.9 Å². The molecule has 1 heterocycles. The predicted octanol–water partition coefficient (Wildman–Crippen LogP) is 1.30. The van der Waals surface area contributed by atoms with Gasteiger partial charge in [0.1, 0.15) is 0 Å². The first-order valence-corrected chi connectivity index (χ1v) is 4.45. The highest BCUT2D eigenvalue weighted by atomic mass is 79.9.